The van der Waals surface area contributed by atoms with Gasteiger partial charge in [-0.05, 0) is 17.7 Å². The first-order chi connectivity index (χ1) is 10.1. The number of carbonyl (C=O) groups is 1. The lowest BCUT2D eigenvalue weighted by molar-refractivity contribution is -0.131. The van der Waals surface area contributed by atoms with E-state index in [2.05, 4.69) is 16.4 Å². The molecular weight excluding hydrogens is 268 g/mol. The number of rotatable bonds is 5. The number of hydrogen-bond acceptors (Lipinski definition) is 5. The van der Waals surface area contributed by atoms with E-state index in [4.69, 9.17) is 11.0 Å². The maximum atomic E-state index is 12.1. The number of likely N-dealkylation sites (N-methyl/N-ethyl adjacent to an activating group) is 1. The standard InChI is InChI=1S/C14H16N6O/c1-19(8-12-4-2-11(6-15)3-5-12)14(21)10-20-9-13(7-16)17-18-20/h2-5,9H,7-8,10,16H2,1H3. The Hall–Kier alpha value is -2.72. The zero-order valence-corrected chi connectivity index (χ0v) is 11.7. The van der Waals surface area contributed by atoms with Crippen molar-refractivity contribution in [3.8, 4) is 6.07 Å². The molecule has 1 amide bonds. The van der Waals surface area contributed by atoms with Gasteiger partial charge in [-0.2, -0.15) is 5.26 Å². The van der Waals surface area contributed by atoms with E-state index in [0.717, 1.165) is 5.56 Å². The third-order valence-electron chi connectivity index (χ3n) is 3.02. The maximum absolute atomic E-state index is 12.1. The van der Waals surface area contributed by atoms with Crippen molar-refractivity contribution in [1.82, 2.24) is 19.9 Å². The zero-order chi connectivity index (χ0) is 15.2. The lowest BCUT2D eigenvalue weighted by Gasteiger charge is -2.17. The Kier molecular flexibility index (Phi) is 4.64. The molecule has 21 heavy (non-hydrogen) atoms. The average Bonchev–Trinajstić information content (AvgIpc) is 2.95. The molecule has 2 N–H and O–H groups in total. The van der Waals surface area contributed by atoms with Crippen molar-refractivity contribution in [2.45, 2.75) is 19.6 Å². The fourth-order valence-corrected chi connectivity index (χ4v) is 1.82. The smallest absolute Gasteiger partial charge is 0.244 e. The zero-order valence-electron chi connectivity index (χ0n) is 11.7. The molecule has 1 aromatic carbocycles. The molecule has 0 saturated carbocycles. The lowest BCUT2D eigenvalue weighted by atomic mass is 10.1. The summed E-state index contributed by atoms with van der Waals surface area (Å²) in [4.78, 5) is 13.7. The van der Waals surface area contributed by atoms with Crippen molar-refractivity contribution in [2.75, 3.05) is 7.05 Å². The quantitative estimate of drug-likeness (QED) is 0.849. The van der Waals surface area contributed by atoms with Gasteiger partial charge in [-0.3, -0.25) is 4.79 Å². The minimum Gasteiger partial charge on any atom is -0.340 e. The van der Waals surface area contributed by atoms with Gasteiger partial charge >= 0.3 is 0 Å². The van der Waals surface area contributed by atoms with Gasteiger partial charge in [-0.15, -0.1) is 5.10 Å². The number of aromatic nitrogens is 3. The van der Waals surface area contributed by atoms with Crippen LogP contribution in [0.3, 0.4) is 0 Å². The molecule has 1 aromatic heterocycles. The molecule has 0 aliphatic rings. The van der Waals surface area contributed by atoms with E-state index in [1.165, 1.54) is 4.68 Å². The summed E-state index contributed by atoms with van der Waals surface area (Å²) in [6.07, 6.45) is 1.66. The van der Waals surface area contributed by atoms with Gasteiger partial charge in [0.15, 0.2) is 0 Å². The molecule has 0 fully saturated rings. The molecule has 7 heteroatoms. The van der Waals surface area contributed by atoms with Crippen LogP contribution in [0, 0.1) is 11.3 Å². The Morgan fingerprint density at radius 3 is 2.71 bits per heavy atom. The van der Waals surface area contributed by atoms with Crippen molar-refractivity contribution in [1.29, 1.82) is 5.26 Å². The minimum absolute atomic E-state index is 0.0761. The van der Waals surface area contributed by atoms with E-state index in [1.807, 2.05) is 12.1 Å². The SMILES string of the molecule is CN(Cc1ccc(C#N)cc1)C(=O)Cn1cc(CN)nn1. The number of benzene rings is 1. The maximum Gasteiger partial charge on any atom is 0.244 e. The van der Waals surface area contributed by atoms with Crippen LogP contribution in [0.1, 0.15) is 16.8 Å². The molecule has 1 heterocycles. The Morgan fingerprint density at radius 1 is 1.43 bits per heavy atom. The molecule has 2 aromatic rings. The first-order valence-electron chi connectivity index (χ1n) is 6.44. The average molecular weight is 284 g/mol. The second-order valence-electron chi connectivity index (χ2n) is 4.67. The van der Waals surface area contributed by atoms with E-state index in [9.17, 15) is 4.79 Å². The van der Waals surface area contributed by atoms with Crippen LogP contribution in [-0.4, -0.2) is 32.8 Å². The summed E-state index contributed by atoms with van der Waals surface area (Å²) in [6.45, 7) is 0.901. The van der Waals surface area contributed by atoms with Crippen LogP contribution in [-0.2, 0) is 24.4 Å². The Morgan fingerprint density at radius 2 is 2.14 bits per heavy atom. The van der Waals surface area contributed by atoms with Gasteiger partial charge in [0.05, 0.1) is 23.5 Å². The Balaban J connectivity index is 1.94. The van der Waals surface area contributed by atoms with Crippen molar-refractivity contribution in [3.63, 3.8) is 0 Å². The van der Waals surface area contributed by atoms with Crippen molar-refractivity contribution in [2.24, 2.45) is 5.73 Å². The van der Waals surface area contributed by atoms with Gasteiger partial charge in [-0.1, -0.05) is 17.3 Å². The summed E-state index contributed by atoms with van der Waals surface area (Å²) in [5.41, 5.74) is 7.66. The van der Waals surface area contributed by atoms with Gasteiger partial charge < -0.3 is 10.6 Å². The molecule has 108 valence electrons. The van der Waals surface area contributed by atoms with Crippen LogP contribution >= 0.6 is 0 Å². The largest absolute Gasteiger partial charge is 0.340 e. The molecule has 0 radical (unpaired) electrons. The normalized spacial score (nSPS) is 10.1. The number of nitrogens with two attached hydrogens (primary N) is 1. The molecule has 0 atom stereocenters. The summed E-state index contributed by atoms with van der Waals surface area (Å²) < 4.78 is 1.47. The summed E-state index contributed by atoms with van der Waals surface area (Å²) in [5.74, 6) is -0.0761. The molecule has 0 spiro atoms. The number of hydrogen-bond donors (Lipinski definition) is 1. The van der Waals surface area contributed by atoms with Crippen molar-refractivity contribution in [3.05, 3.63) is 47.3 Å². The van der Waals surface area contributed by atoms with Gasteiger partial charge in [0.2, 0.25) is 5.91 Å². The number of carbonyl (C=O) groups excluding carboxylic acids is 1. The van der Waals surface area contributed by atoms with E-state index >= 15 is 0 Å². The highest BCUT2D eigenvalue weighted by Crippen LogP contribution is 2.06. The first kappa shape index (κ1) is 14.7. The Bertz CT molecular complexity index is 655. The van der Waals surface area contributed by atoms with Gasteiger partial charge in [-0.25, -0.2) is 4.68 Å². The van der Waals surface area contributed by atoms with E-state index in [1.54, 1.807) is 30.3 Å². The molecule has 0 saturated heterocycles. The lowest BCUT2D eigenvalue weighted by Crippen LogP contribution is -2.30. The second kappa shape index (κ2) is 6.63. The van der Waals surface area contributed by atoms with E-state index in [-0.39, 0.29) is 12.5 Å². The second-order valence-corrected chi connectivity index (χ2v) is 4.67. The van der Waals surface area contributed by atoms with Crippen LogP contribution in [0.2, 0.25) is 0 Å². The van der Waals surface area contributed by atoms with Gasteiger partial charge in [0.1, 0.15) is 6.54 Å². The fourth-order valence-electron chi connectivity index (χ4n) is 1.82. The molecule has 0 aliphatic carbocycles. The molecule has 0 bridgehead atoms. The third kappa shape index (κ3) is 3.87. The van der Waals surface area contributed by atoms with Crippen LogP contribution < -0.4 is 5.73 Å². The monoisotopic (exact) mass is 284 g/mol. The minimum atomic E-state index is -0.0761. The van der Waals surface area contributed by atoms with Crippen LogP contribution in [0.4, 0.5) is 0 Å². The van der Waals surface area contributed by atoms with Crippen LogP contribution in [0.15, 0.2) is 30.5 Å². The van der Waals surface area contributed by atoms with Crippen molar-refractivity contribution < 1.29 is 4.79 Å². The van der Waals surface area contributed by atoms with Crippen molar-refractivity contribution >= 4 is 5.91 Å². The predicted molar refractivity (Wildman–Crippen MR) is 75.5 cm³/mol. The van der Waals surface area contributed by atoms with Crippen LogP contribution in [0.25, 0.3) is 0 Å². The highest BCUT2D eigenvalue weighted by Gasteiger charge is 2.11. The fraction of sp³-hybridized carbons (Fsp3) is 0.286. The summed E-state index contributed by atoms with van der Waals surface area (Å²) in [6, 6.07) is 9.21. The third-order valence-corrected chi connectivity index (χ3v) is 3.02. The number of nitriles is 1. The summed E-state index contributed by atoms with van der Waals surface area (Å²) >= 11 is 0. The molecular formula is C14H16N6O. The molecule has 0 aliphatic heterocycles. The molecule has 2 rings (SSSR count). The Labute approximate surface area is 122 Å². The first-order valence-corrected chi connectivity index (χ1v) is 6.44. The highest BCUT2D eigenvalue weighted by atomic mass is 16.2. The van der Waals surface area contributed by atoms with Gasteiger partial charge in [0.25, 0.3) is 0 Å². The van der Waals surface area contributed by atoms with E-state index in [0.29, 0.717) is 24.3 Å². The molecule has 0 unspecified atom stereocenters. The topological polar surface area (TPSA) is 101 Å². The number of nitrogens with zero attached hydrogens (tertiary/aromatic N) is 5. The van der Waals surface area contributed by atoms with Gasteiger partial charge in [0, 0.05) is 20.1 Å². The molecule has 7 nitrogen and oxygen atoms in total. The summed E-state index contributed by atoms with van der Waals surface area (Å²) in [7, 11) is 1.72. The van der Waals surface area contributed by atoms with E-state index < -0.39 is 0 Å². The highest BCUT2D eigenvalue weighted by molar-refractivity contribution is 5.75. The van der Waals surface area contributed by atoms with Crippen LogP contribution in [0.5, 0.6) is 0 Å². The summed E-state index contributed by atoms with van der Waals surface area (Å²) in [5, 5.41) is 16.4. The number of amides is 1. The predicted octanol–water partition coefficient (Wildman–Crippen LogP) is 0.267.